The van der Waals surface area contributed by atoms with Crippen LogP contribution < -0.4 is 9.47 Å². The van der Waals surface area contributed by atoms with Gasteiger partial charge in [0.15, 0.2) is 0 Å². The van der Waals surface area contributed by atoms with E-state index in [1.165, 1.54) is 7.11 Å². The fraction of sp³-hybridized carbons (Fsp3) is 0.647. The summed E-state index contributed by atoms with van der Waals surface area (Å²) in [5, 5.41) is 30.3. The van der Waals surface area contributed by atoms with Crippen molar-refractivity contribution in [2.45, 2.75) is 50.5 Å². The van der Waals surface area contributed by atoms with Gasteiger partial charge in [-0.2, -0.15) is 0 Å². The molecule has 9 heteroatoms. The zero-order valence-corrected chi connectivity index (χ0v) is 15.8. The van der Waals surface area contributed by atoms with Crippen LogP contribution in [0.25, 0.3) is 0 Å². The highest BCUT2D eigenvalue weighted by molar-refractivity contribution is 7.57. The average Bonchev–Trinajstić information content (AvgIpc) is 2.61. The fourth-order valence-corrected chi connectivity index (χ4v) is 4.41. The first-order valence-corrected chi connectivity index (χ1v) is 10.6. The Bertz CT molecular complexity index is 607. The minimum atomic E-state index is -3.31. The lowest BCUT2D eigenvalue weighted by atomic mass is 9.97. The third-order valence-electron chi connectivity index (χ3n) is 4.32. The summed E-state index contributed by atoms with van der Waals surface area (Å²) in [6, 6.07) is 6.56. The van der Waals surface area contributed by atoms with E-state index in [4.69, 9.17) is 14.2 Å². The molecule has 0 spiro atoms. The zero-order chi connectivity index (χ0) is 19.3. The highest BCUT2D eigenvalue weighted by atomic mass is 31.2. The van der Waals surface area contributed by atoms with Gasteiger partial charge in [0.2, 0.25) is 13.7 Å². The van der Waals surface area contributed by atoms with Gasteiger partial charge in [0.1, 0.15) is 29.8 Å². The Morgan fingerprint density at radius 3 is 2.23 bits per heavy atom. The molecule has 0 bridgehead atoms. The third kappa shape index (κ3) is 5.42. The van der Waals surface area contributed by atoms with E-state index >= 15 is 0 Å². The van der Waals surface area contributed by atoms with Crippen LogP contribution in [0.4, 0.5) is 0 Å². The van der Waals surface area contributed by atoms with Crippen LogP contribution in [0.1, 0.15) is 19.8 Å². The lowest BCUT2D eigenvalue weighted by Gasteiger charge is -2.40. The van der Waals surface area contributed by atoms with Gasteiger partial charge in [0.25, 0.3) is 0 Å². The summed E-state index contributed by atoms with van der Waals surface area (Å²) in [5.74, 6) is 1.02. The van der Waals surface area contributed by atoms with Gasteiger partial charge in [-0.25, -0.2) is 0 Å². The molecule has 0 radical (unpaired) electrons. The van der Waals surface area contributed by atoms with Crippen LogP contribution in [0.15, 0.2) is 24.3 Å². The largest absolute Gasteiger partial charge is 0.497 e. The van der Waals surface area contributed by atoms with Crippen molar-refractivity contribution in [2.75, 3.05) is 19.4 Å². The topological polar surface area (TPSA) is 126 Å². The molecule has 26 heavy (non-hydrogen) atoms. The van der Waals surface area contributed by atoms with E-state index in [1.54, 1.807) is 24.3 Å². The van der Waals surface area contributed by atoms with Gasteiger partial charge in [-0.15, -0.1) is 0 Å². The van der Waals surface area contributed by atoms with Crippen LogP contribution >= 0.6 is 7.37 Å². The number of aliphatic hydroxyl groups is 3. The molecule has 2 unspecified atom stereocenters. The standard InChI is InChI=1S/C17H27O8P/c1-3-9-26(21,22)10-8-13-14(18)15(19)16(20)17(25-13)24-12-6-4-11(23-2)5-7-12/h4-7,13-20H,3,8-10H2,1-2H3,(H,21,22)/t13-,14-,15+,16+,17?/m1/s1. The zero-order valence-electron chi connectivity index (χ0n) is 14.9. The Labute approximate surface area is 152 Å². The number of rotatable bonds is 8. The van der Waals surface area contributed by atoms with Gasteiger partial charge in [0.05, 0.1) is 13.2 Å². The van der Waals surface area contributed by atoms with Gasteiger partial charge in [-0.05, 0) is 37.1 Å². The molecule has 0 amide bonds. The second-order valence-electron chi connectivity index (χ2n) is 6.39. The van der Waals surface area contributed by atoms with Crippen molar-refractivity contribution in [2.24, 2.45) is 0 Å². The maximum absolute atomic E-state index is 12.0. The first-order valence-electron chi connectivity index (χ1n) is 8.58. The molecule has 1 heterocycles. The van der Waals surface area contributed by atoms with Gasteiger partial charge in [-0.3, -0.25) is 4.57 Å². The van der Waals surface area contributed by atoms with E-state index in [2.05, 4.69) is 0 Å². The number of ether oxygens (including phenoxy) is 3. The van der Waals surface area contributed by atoms with Gasteiger partial charge >= 0.3 is 0 Å². The van der Waals surface area contributed by atoms with Crippen LogP contribution in [-0.4, -0.2) is 70.4 Å². The van der Waals surface area contributed by atoms with Crippen molar-refractivity contribution >= 4 is 7.37 Å². The Morgan fingerprint density at radius 1 is 1.04 bits per heavy atom. The summed E-state index contributed by atoms with van der Waals surface area (Å²) >= 11 is 0. The van der Waals surface area contributed by atoms with Crippen molar-refractivity contribution in [1.82, 2.24) is 0 Å². The summed E-state index contributed by atoms with van der Waals surface area (Å²) < 4.78 is 28.2. The molecular weight excluding hydrogens is 363 g/mol. The first kappa shape index (κ1) is 21.2. The van der Waals surface area contributed by atoms with Crippen molar-refractivity contribution < 1.29 is 39.0 Å². The summed E-state index contributed by atoms with van der Waals surface area (Å²) in [6.45, 7) is 1.81. The number of benzene rings is 1. The Morgan fingerprint density at radius 2 is 1.65 bits per heavy atom. The molecule has 4 N–H and O–H groups in total. The summed E-state index contributed by atoms with van der Waals surface area (Å²) in [6.07, 6.45) is -5.66. The van der Waals surface area contributed by atoms with Crippen molar-refractivity contribution in [3.8, 4) is 11.5 Å². The normalized spacial score (nSPS) is 31.2. The van der Waals surface area contributed by atoms with E-state index in [-0.39, 0.29) is 18.7 Å². The summed E-state index contributed by atoms with van der Waals surface area (Å²) in [7, 11) is -1.77. The predicted molar refractivity (Wildman–Crippen MR) is 94.8 cm³/mol. The van der Waals surface area contributed by atoms with E-state index in [9.17, 15) is 24.8 Å². The first-order chi connectivity index (χ1) is 12.3. The second kappa shape index (κ2) is 9.17. The highest BCUT2D eigenvalue weighted by Crippen LogP contribution is 2.42. The third-order valence-corrected chi connectivity index (χ3v) is 6.42. The molecule has 1 fully saturated rings. The minimum Gasteiger partial charge on any atom is -0.497 e. The average molecular weight is 390 g/mol. The fourth-order valence-electron chi connectivity index (χ4n) is 2.83. The molecule has 0 aliphatic carbocycles. The van der Waals surface area contributed by atoms with E-state index in [0.29, 0.717) is 17.9 Å². The van der Waals surface area contributed by atoms with Crippen molar-refractivity contribution in [3.05, 3.63) is 24.3 Å². The highest BCUT2D eigenvalue weighted by Gasteiger charge is 2.45. The Balaban J connectivity index is 2.03. The lowest BCUT2D eigenvalue weighted by molar-refractivity contribution is -0.272. The number of hydrogen-bond acceptors (Lipinski definition) is 7. The summed E-state index contributed by atoms with van der Waals surface area (Å²) in [4.78, 5) is 9.86. The maximum Gasteiger partial charge on any atom is 0.229 e. The van der Waals surface area contributed by atoms with E-state index in [0.717, 1.165) is 0 Å². The number of hydrogen-bond donors (Lipinski definition) is 4. The molecular formula is C17H27O8P. The quantitative estimate of drug-likeness (QED) is 0.484. The SMILES string of the molecule is CCCP(=O)(O)CC[C@H]1OC(Oc2ccc(OC)cc2)[C@@H](O)[C@@H](O)[C@@H]1O. The molecule has 1 aromatic rings. The molecule has 6 atom stereocenters. The predicted octanol–water partition coefficient (Wildman–Crippen LogP) is 0.952. The molecule has 1 saturated heterocycles. The van der Waals surface area contributed by atoms with Crippen LogP contribution in [0, 0.1) is 0 Å². The van der Waals surface area contributed by atoms with Crippen LogP contribution in [0.5, 0.6) is 11.5 Å². The Kier molecular flexibility index (Phi) is 7.46. The second-order valence-corrected chi connectivity index (χ2v) is 8.98. The van der Waals surface area contributed by atoms with Crippen LogP contribution in [0.3, 0.4) is 0 Å². The van der Waals surface area contributed by atoms with Crippen molar-refractivity contribution in [1.29, 1.82) is 0 Å². The Hall–Kier alpha value is -1.15. The molecule has 1 aliphatic rings. The number of aliphatic hydroxyl groups excluding tert-OH is 3. The molecule has 1 aliphatic heterocycles. The van der Waals surface area contributed by atoms with E-state index in [1.807, 2.05) is 6.92 Å². The van der Waals surface area contributed by atoms with Crippen LogP contribution in [-0.2, 0) is 9.30 Å². The molecule has 0 saturated carbocycles. The molecule has 148 valence electrons. The minimum absolute atomic E-state index is 0.0410. The molecule has 2 rings (SSSR count). The van der Waals surface area contributed by atoms with Crippen LogP contribution in [0.2, 0.25) is 0 Å². The monoisotopic (exact) mass is 390 g/mol. The van der Waals surface area contributed by atoms with Crippen molar-refractivity contribution in [3.63, 3.8) is 0 Å². The lowest BCUT2D eigenvalue weighted by Crippen LogP contribution is -2.59. The molecule has 1 aromatic carbocycles. The number of methoxy groups -OCH3 is 1. The maximum atomic E-state index is 12.0. The summed E-state index contributed by atoms with van der Waals surface area (Å²) in [5.41, 5.74) is 0. The smallest absolute Gasteiger partial charge is 0.229 e. The molecule has 8 nitrogen and oxygen atoms in total. The van der Waals surface area contributed by atoms with E-state index < -0.39 is 38.1 Å². The van der Waals surface area contributed by atoms with Gasteiger partial charge < -0.3 is 34.4 Å². The molecule has 0 aromatic heterocycles. The van der Waals surface area contributed by atoms with Gasteiger partial charge in [-0.1, -0.05) is 6.92 Å². The van der Waals surface area contributed by atoms with Gasteiger partial charge in [0, 0.05) is 12.3 Å².